The molecule has 62 heavy (non-hydrogen) atoms. The summed E-state index contributed by atoms with van der Waals surface area (Å²) in [5, 5.41) is 0. The lowest BCUT2D eigenvalue weighted by Crippen LogP contribution is -2.78. The molecule has 0 saturated heterocycles. The second-order valence-electron chi connectivity index (χ2n) is 18.9. The van der Waals surface area contributed by atoms with Crippen molar-refractivity contribution in [3.63, 3.8) is 0 Å². The average molecular weight is 811 g/mol. The maximum Gasteiger partial charge on any atom is 0.499 e. The topological polar surface area (TPSA) is 21.9 Å². The second kappa shape index (κ2) is 12.7. The highest BCUT2D eigenvalue weighted by atomic mass is 16.5. The molecule has 7 aromatic carbocycles. The first kappa shape index (κ1) is 30.1. The molecule has 0 N–H and O–H groups in total. The number of aromatic nitrogens is 3. The van der Waals surface area contributed by atoms with E-state index < -0.39 is 42.4 Å². The fourth-order valence-electron chi connectivity index (χ4n) is 10.2. The molecule has 9 aromatic rings. The summed E-state index contributed by atoms with van der Waals surface area (Å²) in [6.07, 6.45) is 1.93. The van der Waals surface area contributed by atoms with Crippen LogP contribution in [0.3, 0.4) is 0 Å². The summed E-state index contributed by atoms with van der Waals surface area (Å²) in [5.74, 6) is 0.318. The zero-order chi connectivity index (χ0) is 48.3. The van der Waals surface area contributed by atoms with Crippen molar-refractivity contribution in [3.05, 3.63) is 192 Å². The number of ether oxygens (including phenoxy) is 1. The Bertz CT molecular complexity index is 3670. The Morgan fingerprint density at radius 2 is 1.26 bits per heavy atom. The van der Waals surface area contributed by atoms with Crippen LogP contribution in [0, 0.1) is 6.85 Å². The summed E-state index contributed by atoms with van der Waals surface area (Å²) in [5.41, 5.74) is 14.8. The Labute approximate surface area is 373 Å². The van der Waals surface area contributed by atoms with Crippen molar-refractivity contribution in [2.45, 2.75) is 65.1 Å². The summed E-state index contributed by atoms with van der Waals surface area (Å²) >= 11 is 0. The largest absolute Gasteiger partial charge is 0.499 e. The van der Waals surface area contributed by atoms with E-state index in [1.807, 2.05) is 24.4 Å². The molecule has 0 aliphatic carbocycles. The number of benzene rings is 7. The van der Waals surface area contributed by atoms with Crippen molar-refractivity contribution in [1.29, 1.82) is 0 Å². The van der Waals surface area contributed by atoms with E-state index in [1.165, 1.54) is 5.56 Å². The number of pyridine rings is 1. The molecule has 12 rings (SSSR count). The molecule has 1 atom stereocenters. The SMILES string of the molecule is [2H]c1c([2H])c(C([2H])([2H])[2H])c([2H])c([2H])c1-c1cc[n+]2c(c1)-c1cc(C(C)(C)C)cc3c1C21Oc2ccccc2-c2n(-c4cc(-c5ccccc5)c(C(C)(C)C)cc4-c4ccccc4)c4cccc-3c4[n+]21. The van der Waals surface area contributed by atoms with Crippen molar-refractivity contribution in [2.75, 3.05) is 0 Å². The molecule has 0 bridgehead atoms. The highest BCUT2D eigenvalue weighted by Crippen LogP contribution is 2.55. The quantitative estimate of drug-likeness (QED) is 0.162. The van der Waals surface area contributed by atoms with Crippen LogP contribution in [-0.4, -0.2) is 4.57 Å². The molecule has 0 radical (unpaired) electrons. The van der Waals surface area contributed by atoms with E-state index >= 15 is 0 Å². The summed E-state index contributed by atoms with van der Waals surface area (Å²) < 4.78 is 74.7. The standard InChI is InChI=1S/C58H49N3O/c1-36-25-27-37(28-26-36)40-29-30-59-50(31-40)47-33-41(56(2,3)4)32-46-42-22-16-23-49-54(42)61-55(43-21-14-15-24-52(43)62-58(59,61)53(46)47)60(49)51-35-44(38-17-10-8-11-18-38)48(57(5,6)7)34-45(51)39-19-12-9-13-20-39/h8-35H,1-7H3/q+2/i1D3,25D,26D,27D,28D. The van der Waals surface area contributed by atoms with Gasteiger partial charge in [-0.25, -0.2) is 0 Å². The van der Waals surface area contributed by atoms with Crippen LogP contribution in [0.15, 0.2) is 170 Å². The third-order valence-electron chi connectivity index (χ3n) is 13.0. The summed E-state index contributed by atoms with van der Waals surface area (Å²) in [6.45, 7) is 10.6. The third-order valence-corrected chi connectivity index (χ3v) is 13.0. The van der Waals surface area contributed by atoms with Gasteiger partial charge in [0.1, 0.15) is 22.6 Å². The lowest BCUT2D eigenvalue weighted by Gasteiger charge is -2.33. The maximum absolute atomic E-state index is 9.13. The molecule has 0 fully saturated rings. The van der Waals surface area contributed by atoms with Gasteiger partial charge in [0.15, 0.2) is 17.2 Å². The van der Waals surface area contributed by atoms with Gasteiger partial charge in [-0.15, -0.1) is 9.13 Å². The van der Waals surface area contributed by atoms with E-state index in [9.17, 15) is 0 Å². The maximum atomic E-state index is 9.13. The van der Waals surface area contributed by atoms with Crippen molar-refractivity contribution in [3.8, 4) is 78.6 Å². The lowest BCUT2D eigenvalue weighted by atomic mass is 9.79. The highest BCUT2D eigenvalue weighted by molar-refractivity contribution is 5.99. The fraction of sp³-hybridized carbons (Fsp3) is 0.172. The van der Waals surface area contributed by atoms with Crippen LogP contribution >= 0.6 is 0 Å². The van der Waals surface area contributed by atoms with Gasteiger partial charge in [-0.3, -0.25) is 0 Å². The first-order valence-electron chi connectivity index (χ1n) is 24.9. The molecule has 4 nitrogen and oxygen atoms in total. The number of para-hydroxylation sites is 2. The molecular formula is C58H49N3O+2. The second-order valence-corrected chi connectivity index (χ2v) is 18.9. The third kappa shape index (κ3) is 5.07. The zero-order valence-electron chi connectivity index (χ0n) is 42.6. The van der Waals surface area contributed by atoms with Crippen LogP contribution in [0.4, 0.5) is 0 Å². The number of fused-ring (bicyclic) bond motifs is 5. The van der Waals surface area contributed by atoms with Gasteiger partial charge in [0, 0.05) is 32.9 Å². The number of hydrogen-bond acceptors (Lipinski definition) is 1. The summed E-state index contributed by atoms with van der Waals surface area (Å²) in [4.78, 5) is 0. The van der Waals surface area contributed by atoms with E-state index in [0.29, 0.717) is 11.3 Å². The minimum Gasteiger partial charge on any atom is -0.392 e. The lowest BCUT2D eigenvalue weighted by molar-refractivity contribution is -0.997. The molecular weight excluding hydrogens is 755 g/mol. The van der Waals surface area contributed by atoms with Gasteiger partial charge in [-0.1, -0.05) is 150 Å². The predicted molar refractivity (Wildman–Crippen MR) is 252 cm³/mol. The molecule has 1 unspecified atom stereocenters. The van der Waals surface area contributed by atoms with Crippen LogP contribution < -0.4 is 13.9 Å². The summed E-state index contributed by atoms with van der Waals surface area (Å²) in [7, 11) is 0. The molecule has 0 saturated carbocycles. The Morgan fingerprint density at radius 1 is 0.581 bits per heavy atom. The van der Waals surface area contributed by atoms with Gasteiger partial charge in [0.05, 0.1) is 11.0 Å². The first-order valence-corrected chi connectivity index (χ1v) is 21.4. The first-order chi connectivity index (χ1) is 32.8. The molecule has 3 aliphatic rings. The van der Waals surface area contributed by atoms with Gasteiger partial charge >= 0.3 is 11.7 Å². The molecule has 1 spiro atoms. The molecule has 300 valence electrons. The van der Waals surface area contributed by atoms with E-state index in [1.54, 1.807) is 6.07 Å². The van der Waals surface area contributed by atoms with Gasteiger partial charge in [-0.2, -0.15) is 4.57 Å². The number of nitrogens with zero attached hydrogens (tertiary/aromatic N) is 3. The van der Waals surface area contributed by atoms with Crippen molar-refractivity contribution in [1.82, 2.24) is 4.57 Å². The van der Waals surface area contributed by atoms with E-state index in [-0.39, 0.29) is 16.4 Å². The van der Waals surface area contributed by atoms with E-state index in [2.05, 4.69) is 171 Å². The van der Waals surface area contributed by atoms with Crippen LogP contribution in [-0.2, 0) is 16.7 Å². The molecule has 3 aliphatic heterocycles. The van der Waals surface area contributed by atoms with Gasteiger partial charge in [0.25, 0.3) is 0 Å². The van der Waals surface area contributed by atoms with E-state index in [4.69, 9.17) is 14.3 Å². The zero-order valence-corrected chi connectivity index (χ0v) is 35.6. The Kier molecular flexibility index (Phi) is 6.18. The Hall–Kier alpha value is -7.04. The fourth-order valence-corrected chi connectivity index (χ4v) is 10.2. The van der Waals surface area contributed by atoms with Crippen LogP contribution in [0.5, 0.6) is 5.75 Å². The predicted octanol–water partition coefficient (Wildman–Crippen LogP) is 13.3. The van der Waals surface area contributed by atoms with Crippen LogP contribution in [0.2, 0.25) is 0 Å². The highest BCUT2D eigenvalue weighted by Gasteiger charge is 2.68. The number of rotatable bonds is 4. The average Bonchev–Trinajstić information content (AvgIpc) is 3.81. The van der Waals surface area contributed by atoms with Crippen molar-refractivity contribution < 1.29 is 23.5 Å². The minimum atomic E-state index is -2.83. The van der Waals surface area contributed by atoms with Crippen molar-refractivity contribution >= 4 is 11.0 Å². The minimum absolute atomic E-state index is 0.0346. The van der Waals surface area contributed by atoms with Gasteiger partial charge < -0.3 is 4.74 Å². The normalized spacial score (nSPS) is 17.4. The Balaban J connectivity index is 1.24. The Morgan fingerprint density at radius 3 is 1.97 bits per heavy atom. The van der Waals surface area contributed by atoms with Gasteiger partial charge in [0.2, 0.25) is 5.69 Å². The summed E-state index contributed by atoms with van der Waals surface area (Å²) in [6, 6.07) is 47.1. The molecule has 5 heterocycles. The number of imidazole rings is 1. The van der Waals surface area contributed by atoms with Gasteiger partial charge in [-0.05, 0) is 105 Å². The van der Waals surface area contributed by atoms with Crippen LogP contribution in [0.25, 0.3) is 83.9 Å². The monoisotopic (exact) mass is 810 g/mol. The molecule has 4 heteroatoms. The molecule has 0 amide bonds. The smallest absolute Gasteiger partial charge is 0.392 e. The number of hydrogen-bond donors (Lipinski definition) is 0. The van der Waals surface area contributed by atoms with Crippen molar-refractivity contribution in [2.24, 2.45) is 0 Å². The van der Waals surface area contributed by atoms with Crippen LogP contribution in [0.1, 0.15) is 73.4 Å². The molecule has 2 aromatic heterocycles. The van der Waals surface area contributed by atoms with E-state index in [0.717, 1.165) is 83.9 Å².